The summed E-state index contributed by atoms with van der Waals surface area (Å²) < 4.78 is 0. The number of H-pyrrole nitrogens is 1. The minimum Gasteiger partial charge on any atom is -0.343 e. The van der Waals surface area contributed by atoms with Crippen molar-refractivity contribution in [2.24, 2.45) is 0 Å². The van der Waals surface area contributed by atoms with E-state index < -0.39 is 10.5 Å². The van der Waals surface area contributed by atoms with Gasteiger partial charge in [0.2, 0.25) is 0 Å². The number of non-ortho nitro benzene ring substituents is 1. The van der Waals surface area contributed by atoms with Crippen LogP contribution in [0.2, 0.25) is 0 Å². The van der Waals surface area contributed by atoms with E-state index in [1.165, 1.54) is 18.2 Å². The van der Waals surface area contributed by atoms with Crippen molar-refractivity contribution in [3.05, 3.63) is 44.5 Å². The van der Waals surface area contributed by atoms with Gasteiger partial charge in [-0.25, -0.2) is 0 Å². The highest BCUT2D eigenvalue weighted by atomic mass is 16.6. The lowest BCUT2D eigenvalue weighted by Crippen LogP contribution is -2.12. The van der Waals surface area contributed by atoms with Gasteiger partial charge in [-0.3, -0.25) is 14.9 Å². The average molecular weight is 233 g/mol. The van der Waals surface area contributed by atoms with Crippen molar-refractivity contribution < 1.29 is 4.92 Å². The van der Waals surface area contributed by atoms with E-state index in [0.29, 0.717) is 17.8 Å². The normalized spacial score (nSPS) is 10.6. The van der Waals surface area contributed by atoms with Crippen LogP contribution in [0.4, 0.5) is 5.69 Å². The summed E-state index contributed by atoms with van der Waals surface area (Å²) in [6, 6.07) is 4.15. The number of aryl methyl sites for hydroxylation is 1. The quantitative estimate of drug-likeness (QED) is 0.646. The van der Waals surface area contributed by atoms with Crippen LogP contribution in [0.3, 0.4) is 0 Å². The van der Waals surface area contributed by atoms with E-state index in [9.17, 15) is 14.9 Å². The van der Waals surface area contributed by atoms with Gasteiger partial charge in [0.25, 0.3) is 11.2 Å². The summed E-state index contributed by atoms with van der Waals surface area (Å²) in [4.78, 5) is 28.6. The van der Waals surface area contributed by atoms with E-state index in [1.807, 2.05) is 6.92 Å². The Balaban J connectivity index is 2.64. The third-order valence-electron chi connectivity index (χ3n) is 2.45. The van der Waals surface area contributed by atoms with Crippen molar-refractivity contribution in [3.63, 3.8) is 0 Å². The average Bonchev–Trinajstić information content (AvgIpc) is 2.29. The largest absolute Gasteiger partial charge is 0.343 e. The predicted molar refractivity (Wildman–Crippen MR) is 63.0 cm³/mol. The molecule has 0 amide bonds. The number of hydrogen-bond acceptors (Lipinski definition) is 4. The van der Waals surface area contributed by atoms with Crippen LogP contribution in [0.15, 0.2) is 23.0 Å². The molecule has 2 rings (SSSR count). The summed E-state index contributed by atoms with van der Waals surface area (Å²) in [6.07, 6.45) is 1.56. The molecule has 1 heterocycles. The number of nitro benzene ring substituents is 1. The minimum absolute atomic E-state index is 0.104. The van der Waals surface area contributed by atoms with E-state index in [-0.39, 0.29) is 11.1 Å². The molecule has 0 fully saturated rings. The second-order valence-corrected chi connectivity index (χ2v) is 3.73. The van der Waals surface area contributed by atoms with E-state index in [1.54, 1.807) is 0 Å². The van der Waals surface area contributed by atoms with Crippen LogP contribution in [0.25, 0.3) is 10.9 Å². The molecule has 0 bridgehead atoms. The second kappa shape index (κ2) is 4.32. The Hall–Kier alpha value is -2.24. The number of benzene rings is 1. The molecule has 6 nitrogen and oxygen atoms in total. The Morgan fingerprint density at radius 3 is 2.88 bits per heavy atom. The van der Waals surface area contributed by atoms with Crippen LogP contribution in [-0.2, 0) is 6.42 Å². The number of nitrogens with one attached hydrogen (secondary N) is 1. The molecule has 0 aliphatic rings. The van der Waals surface area contributed by atoms with Gasteiger partial charge in [0, 0.05) is 18.6 Å². The van der Waals surface area contributed by atoms with Gasteiger partial charge in [-0.1, -0.05) is 6.92 Å². The maximum Gasteiger partial charge on any atom is 0.281 e. The second-order valence-electron chi connectivity index (χ2n) is 3.73. The first kappa shape index (κ1) is 11.3. The van der Waals surface area contributed by atoms with E-state index in [4.69, 9.17) is 0 Å². The van der Waals surface area contributed by atoms with Gasteiger partial charge < -0.3 is 4.98 Å². The zero-order chi connectivity index (χ0) is 12.4. The predicted octanol–water partition coefficient (Wildman–Crippen LogP) is 1.78. The first-order valence-electron chi connectivity index (χ1n) is 5.29. The fraction of sp³-hybridized carbons (Fsp3) is 0.273. The van der Waals surface area contributed by atoms with E-state index >= 15 is 0 Å². The smallest absolute Gasteiger partial charge is 0.281 e. The van der Waals surface area contributed by atoms with Crippen molar-refractivity contribution in [1.82, 2.24) is 9.97 Å². The minimum atomic E-state index is -0.529. The standard InChI is InChI=1S/C11H11N3O3/c1-2-3-10-12-9-5-4-7(14(16)17)6-8(9)11(15)13-10/h4-6H,2-3H2,1H3,(H,12,13,15). The van der Waals surface area contributed by atoms with Gasteiger partial charge in [-0.05, 0) is 12.5 Å². The lowest BCUT2D eigenvalue weighted by atomic mass is 10.2. The molecule has 0 aliphatic carbocycles. The summed E-state index contributed by atoms with van der Waals surface area (Å²) >= 11 is 0. The maximum atomic E-state index is 11.7. The number of hydrogen-bond donors (Lipinski definition) is 1. The van der Waals surface area contributed by atoms with Gasteiger partial charge in [0.1, 0.15) is 5.82 Å². The molecule has 6 heteroatoms. The molecule has 0 spiro atoms. The number of aromatic nitrogens is 2. The number of rotatable bonds is 3. The third kappa shape index (κ3) is 2.15. The fourth-order valence-corrected chi connectivity index (χ4v) is 1.65. The first-order valence-corrected chi connectivity index (χ1v) is 5.29. The van der Waals surface area contributed by atoms with Crippen molar-refractivity contribution in [3.8, 4) is 0 Å². The summed E-state index contributed by atoms with van der Waals surface area (Å²) in [5, 5.41) is 10.8. The van der Waals surface area contributed by atoms with Gasteiger partial charge in [0.15, 0.2) is 0 Å². The molecule has 1 aromatic carbocycles. The van der Waals surface area contributed by atoms with Gasteiger partial charge in [0.05, 0.1) is 15.8 Å². The molecular formula is C11H11N3O3. The highest BCUT2D eigenvalue weighted by Crippen LogP contribution is 2.16. The molecule has 1 N–H and O–H groups in total. The van der Waals surface area contributed by atoms with Crippen molar-refractivity contribution in [2.45, 2.75) is 19.8 Å². The Kier molecular flexibility index (Phi) is 2.86. The van der Waals surface area contributed by atoms with Crippen LogP contribution in [0.5, 0.6) is 0 Å². The number of nitrogens with zero attached hydrogens (tertiary/aromatic N) is 2. The van der Waals surface area contributed by atoms with Crippen molar-refractivity contribution in [2.75, 3.05) is 0 Å². The van der Waals surface area contributed by atoms with Crippen molar-refractivity contribution in [1.29, 1.82) is 0 Å². The molecule has 0 unspecified atom stereocenters. The molecule has 88 valence electrons. The number of aromatic amines is 1. The van der Waals surface area contributed by atoms with Gasteiger partial charge in [-0.15, -0.1) is 0 Å². The third-order valence-corrected chi connectivity index (χ3v) is 2.45. The first-order chi connectivity index (χ1) is 8.11. The van der Waals surface area contributed by atoms with E-state index in [2.05, 4.69) is 9.97 Å². The Morgan fingerprint density at radius 1 is 1.47 bits per heavy atom. The molecular weight excluding hydrogens is 222 g/mol. The zero-order valence-electron chi connectivity index (χ0n) is 9.27. The van der Waals surface area contributed by atoms with Crippen LogP contribution in [0, 0.1) is 10.1 Å². The highest BCUT2D eigenvalue weighted by Gasteiger charge is 2.09. The number of fused-ring (bicyclic) bond motifs is 1. The number of nitro groups is 1. The Morgan fingerprint density at radius 2 is 2.24 bits per heavy atom. The summed E-state index contributed by atoms with van der Waals surface area (Å²) in [5.41, 5.74) is 0.0537. The van der Waals surface area contributed by atoms with Crippen LogP contribution in [-0.4, -0.2) is 14.9 Å². The summed E-state index contributed by atoms with van der Waals surface area (Å²) in [6.45, 7) is 1.99. The molecule has 0 aliphatic heterocycles. The highest BCUT2D eigenvalue weighted by molar-refractivity contribution is 5.79. The lowest BCUT2D eigenvalue weighted by molar-refractivity contribution is -0.384. The van der Waals surface area contributed by atoms with Crippen LogP contribution < -0.4 is 5.56 Å². The molecule has 17 heavy (non-hydrogen) atoms. The van der Waals surface area contributed by atoms with Gasteiger partial charge in [-0.2, -0.15) is 4.98 Å². The molecule has 0 saturated heterocycles. The fourth-order valence-electron chi connectivity index (χ4n) is 1.65. The zero-order valence-corrected chi connectivity index (χ0v) is 9.27. The Labute approximate surface area is 96.5 Å². The van der Waals surface area contributed by atoms with Crippen LogP contribution >= 0.6 is 0 Å². The summed E-state index contributed by atoms with van der Waals surface area (Å²) in [7, 11) is 0. The molecule has 1 aromatic heterocycles. The SMILES string of the molecule is CCCc1nc(=O)c2cc([N+](=O)[O-])ccc2[nH]1. The van der Waals surface area contributed by atoms with Gasteiger partial charge >= 0.3 is 0 Å². The molecule has 0 saturated carbocycles. The monoisotopic (exact) mass is 233 g/mol. The van der Waals surface area contributed by atoms with Crippen LogP contribution in [0.1, 0.15) is 19.2 Å². The van der Waals surface area contributed by atoms with E-state index in [0.717, 1.165) is 6.42 Å². The van der Waals surface area contributed by atoms with Crippen molar-refractivity contribution >= 4 is 16.6 Å². The molecule has 2 aromatic rings. The molecule has 0 atom stereocenters. The topological polar surface area (TPSA) is 88.9 Å². The lowest BCUT2D eigenvalue weighted by Gasteiger charge is -2.01. The molecule has 0 radical (unpaired) electrons. The Bertz CT molecular complexity index is 633. The maximum absolute atomic E-state index is 11.7. The summed E-state index contributed by atoms with van der Waals surface area (Å²) in [5.74, 6) is 0.610.